The summed E-state index contributed by atoms with van der Waals surface area (Å²) in [6, 6.07) is 7.84. The Hall–Kier alpha value is -2.83. The zero-order valence-electron chi connectivity index (χ0n) is 16.3. The highest BCUT2D eigenvalue weighted by atomic mass is 16.6. The Kier molecular flexibility index (Phi) is 4.95. The quantitative estimate of drug-likeness (QED) is 0.827. The molecule has 1 aliphatic rings. The van der Waals surface area contributed by atoms with Gasteiger partial charge in [-0.25, -0.2) is 9.59 Å². The number of hydrogen-bond acceptors (Lipinski definition) is 5. The van der Waals surface area contributed by atoms with Crippen molar-refractivity contribution in [3.8, 4) is 0 Å². The number of aryl methyl sites for hydroxylation is 1. The van der Waals surface area contributed by atoms with E-state index in [1.165, 1.54) is 12.0 Å². The average molecular weight is 371 g/mol. The number of nitrogens with zero attached hydrogens (tertiary/aromatic N) is 2. The van der Waals surface area contributed by atoms with Crippen molar-refractivity contribution in [3.05, 3.63) is 41.1 Å². The van der Waals surface area contributed by atoms with Gasteiger partial charge in [0.1, 0.15) is 11.8 Å². The van der Waals surface area contributed by atoms with Gasteiger partial charge in [-0.2, -0.15) is 0 Å². The van der Waals surface area contributed by atoms with Crippen molar-refractivity contribution in [3.63, 3.8) is 0 Å². The molecule has 1 aliphatic heterocycles. The minimum absolute atomic E-state index is 0.390. The number of ether oxygens (including phenoxy) is 2. The van der Waals surface area contributed by atoms with Crippen LogP contribution in [0.3, 0.4) is 0 Å². The molecule has 2 heterocycles. The van der Waals surface area contributed by atoms with E-state index in [0.717, 1.165) is 27.7 Å². The molecule has 1 aromatic carbocycles. The topological polar surface area (TPSA) is 80.8 Å². The molecule has 0 radical (unpaired) electrons. The van der Waals surface area contributed by atoms with Crippen LogP contribution in [-0.4, -0.2) is 41.3 Å². The monoisotopic (exact) mass is 371 g/mol. The van der Waals surface area contributed by atoms with E-state index in [2.05, 4.69) is 5.32 Å². The van der Waals surface area contributed by atoms with Gasteiger partial charge >= 0.3 is 12.2 Å². The second kappa shape index (κ2) is 7.06. The molecule has 1 N–H and O–H groups in total. The number of methoxy groups -OCH3 is 1. The van der Waals surface area contributed by atoms with Gasteiger partial charge in [-0.3, -0.25) is 15.2 Å². The highest BCUT2D eigenvalue weighted by Gasteiger charge is 2.37. The standard InChI is InChI=1S/C20H25N3O4/c1-12-13-8-6-7-9-14(13)21-15-10-11-23(19(25)27-20(2,3)4)17(16(12)15)22-18(24)26-5/h6-9,17H,10-11H2,1-5H3,(H,22,24). The third-order valence-electron chi connectivity index (χ3n) is 4.52. The van der Waals surface area contributed by atoms with E-state index in [4.69, 9.17) is 14.5 Å². The van der Waals surface area contributed by atoms with E-state index in [0.29, 0.717) is 13.0 Å². The van der Waals surface area contributed by atoms with Crippen LogP contribution < -0.4 is 5.32 Å². The Balaban J connectivity index is 2.09. The van der Waals surface area contributed by atoms with Gasteiger partial charge in [0.2, 0.25) is 0 Å². The predicted octanol–water partition coefficient (Wildman–Crippen LogP) is 3.69. The van der Waals surface area contributed by atoms with Gasteiger partial charge in [-0.1, -0.05) is 18.2 Å². The van der Waals surface area contributed by atoms with E-state index < -0.39 is 24.0 Å². The lowest BCUT2D eigenvalue weighted by Crippen LogP contribution is -2.50. The van der Waals surface area contributed by atoms with E-state index >= 15 is 0 Å². The first-order valence-electron chi connectivity index (χ1n) is 8.93. The fourth-order valence-electron chi connectivity index (χ4n) is 3.36. The lowest BCUT2D eigenvalue weighted by molar-refractivity contribution is 0.0103. The summed E-state index contributed by atoms with van der Waals surface area (Å²) in [6.45, 7) is 7.80. The fourth-order valence-corrected chi connectivity index (χ4v) is 3.36. The number of rotatable bonds is 1. The molecule has 27 heavy (non-hydrogen) atoms. The van der Waals surface area contributed by atoms with Crippen LogP contribution in [0.15, 0.2) is 24.3 Å². The Bertz CT molecular complexity index is 889. The number of nitrogens with one attached hydrogen (secondary N) is 1. The van der Waals surface area contributed by atoms with Gasteiger partial charge in [0.15, 0.2) is 0 Å². The molecule has 0 fully saturated rings. The molecular weight excluding hydrogens is 346 g/mol. The summed E-state index contributed by atoms with van der Waals surface area (Å²) in [4.78, 5) is 31.0. The van der Waals surface area contributed by atoms with Crippen LogP contribution in [0, 0.1) is 6.92 Å². The maximum Gasteiger partial charge on any atom is 0.412 e. The molecular formula is C20H25N3O4. The summed E-state index contributed by atoms with van der Waals surface area (Å²) in [5, 5.41) is 3.76. The SMILES string of the molecule is COC(=O)NC1c2c(nc3ccccc3c2C)CCN1C(=O)OC(C)(C)C. The fraction of sp³-hybridized carbons (Fsp3) is 0.450. The summed E-state index contributed by atoms with van der Waals surface area (Å²) in [7, 11) is 1.29. The number of amides is 2. The second-order valence-electron chi connectivity index (χ2n) is 7.58. The Morgan fingerprint density at radius 1 is 1.26 bits per heavy atom. The van der Waals surface area contributed by atoms with Crippen LogP contribution in [0.1, 0.15) is 43.8 Å². The van der Waals surface area contributed by atoms with Gasteiger partial charge in [-0.15, -0.1) is 0 Å². The molecule has 7 nitrogen and oxygen atoms in total. The maximum atomic E-state index is 12.8. The number of fused-ring (bicyclic) bond motifs is 2. The number of aromatic nitrogens is 1. The highest BCUT2D eigenvalue weighted by molar-refractivity contribution is 5.84. The first kappa shape index (κ1) is 18.9. The largest absolute Gasteiger partial charge is 0.453 e. The zero-order valence-corrected chi connectivity index (χ0v) is 16.3. The number of pyridine rings is 1. The minimum atomic E-state index is -0.701. The number of hydrogen-bond donors (Lipinski definition) is 1. The van der Waals surface area contributed by atoms with Crippen molar-refractivity contribution in [2.45, 2.75) is 45.9 Å². The van der Waals surface area contributed by atoms with E-state index in [1.807, 2.05) is 52.0 Å². The maximum absolute atomic E-state index is 12.8. The second-order valence-corrected chi connectivity index (χ2v) is 7.58. The molecule has 0 saturated carbocycles. The van der Waals surface area contributed by atoms with E-state index in [1.54, 1.807) is 0 Å². The van der Waals surface area contributed by atoms with Crippen molar-refractivity contribution in [2.24, 2.45) is 0 Å². The van der Waals surface area contributed by atoms with Gasteiger partial charge in [0.25, 0.3) is 0 Å². The van der Waals surface area contributed by atoms with Crippen molar-refractivity contribution in [2.75, 3.05) is 13.7 Å². The molecule has 0 aliphatic carbocycles. The molecule has 1 aromatic heterocycles. The Labute approximate surface area is 158 Å². The summed E-state index contributed by atoms with van der Waals surface area (Å²) >= 11 is 0. The number of carbonyl (C=O) groups excluding carboxylic acids is 2. The zero-order chi connectivity index (χ0) is 19.8. The molecule has 0 spiro atoms. The molecule has 144 valence electrons. The molecule has 1 atom stereocenters. The van der Waals surface area contributed by atoms with Gasteiger partial charge < -0.3 is 9.47 Å². The molecule has 7 heteroatoms. The Morgan fingerprint density at radius 2 is 1.96 bits per heavy atom. The normalized spacial score (nSPS) is 16.6. The van der Waals surface area contributed by atoms with Crippen LogP contribution >= 0.6 is 0 Å². The van der Waals surface area contributed by atoms with Gasteiger partial charge in [0, 0.05) is 23.9 Å². The van der Waals surface area contributed by atoms with E-state index in [-0.39, 0.29) is 0 Å². The Morgan fingerprint density at radius 3 is 2.63 bits per heavy atom. The summed E-state index contributed by atoms with van der Waals surface area (Å²) in [5.41, 5.74) is 2.93. The molecule has 1 unspecified atom stereocenters. The number of para-hydroxylation sites is 1. The first-order valence-corrected chi connectivity index (χ1v) is 8.93. The summed E-state index contributed by atoms with van der Waals surface area (Å²) in [5.74, 6) is 0. The lowest BCUT2D eigenvalue weighted by atomic mass is 9.94. The van der Waals surface area contributed by atoms with Crippen LogP contribution in [0.5, 0.6) is 0 Å². The molecule has 3 rings (SSSR count). The smallest absolute Gasteiger partial charge is 0.412 e. The molecule has 2 amide bonds. The first-order chi connectivity index (χ1) is 12.7. The minimum Gasteiger partial charge on any atom is -0.453 e. The van der Waals surface area contributed by atoms with Crippen LogP contribution in [-0.2, 0) is 15.9 Å². The highest BCUT2D eigenvalue weighted by Crippen LogP contribution is 2.34. The van der Waals surface area contributed by atoms with Crippen molar-refractivity contribution in [1.29, 1.82) is 0 Å². The molecule has 0 saturated heterocycles. The van der Waals surface area contributed by atoms with Gasteiger partial charge in [-0.05, 0) is 39.3 Å². The van der Waals surface area contributed by atoms with Crippen LogP contribution in [0.25, 0.3) is 10.9 Å². The average Bonchev–Trinajstić information content (AvgIpc) is 2.60. The van der Waals surface area contributed by atoms with Crippen molar-refractivity contribution in [1.82, 2.24) is 15.2 Å². The van der Waals surface area contributed by atoms with E-state index in [9.17, 15) is 9.59 Å². The number of benzene rings is 1. The summed E-state index contributed by atoms with van der Waals surface area (Å²) < 4.78 is 10.3. The molecule has 2 aromatic rings. The third-order valence-corrected chi connectivity index (χ3v) is 4.52. The van der Waals surface area contributed by atoms with Crippen molar-refractivity contribution >= 4 is 23.1 Å². The summed E-state index contributed by atoms with van der Waals surface area (Å²) in [6.07, 6.45) is -1.22. The van der Waals surface area contributed by atoms with Gasteiger partial charge in [0.05, 0.1) is 18.3 Å². The predicted molar refractivity (Wildman–Crippen MR) is 101 cm³/mol. The van der Waals surface area contributed by atoms with Crippen LogP contribution in [0.2, 0.25) is 0 Å². The van der Waals surface area contributed by atoms with Crippen LogP contribution in [0.4, 0.5) is 9.59 Å². The molecule has 0 bridgehead atoms. The van der Waals surface area contributed by atoms with Crippen molar-refractivity contribution < 1.29 is 19.1 Å². The lowest BCUT2D eigenvalue weighted by Gasteiger charge is -2.38. The number of carbonyl (C=O) groups is 2. The number of alkyl carbamates (subject to hydrolysis) is 1. The third kappa shape index (κ3) is 3.82.